The largest absolute Gasteiger partial charge is 0.416 e. The Labute approximate surface area is 146 Å². The summed E-state index contributed by atoms with van der Waals surface area (Å²) in [5.74, 6) is 0.0589. The molecule has 1 aromatic carbocycles. The zero-order valence-corrected chi connectivity index (χ0v) is 14.9. The van der Waals surface area contributed by atoms with Gasteiger partial charge in [-0.3, -0.25) is 4.79 Å². The van der Waals surface area contributed by atoms with Gasteiger partial charge < -0.3 is 15.5 Å². The summed E-state index contributed by atoms with van der Waals surface area (Å²) in [5, 5.41) is 5.74. The van der Waals surface area contributed by atoms with Crippen LogP contribution < -0.4 is 15.5 Å². The van der Waals surface area contributed by atoms with Crippen molar-refractivity contribution in [2.75, 3.05) is 29.9 Å². The Bertz CT molecular complexity index is 596. The van der Waals surface area contributed by atoms with E-state index in [2.05, 4.69) is 15.5 Å². The molecular weight excluding hydrogens is 331 g/mol. The zero-order chi connectivity index (χ0) is 18.6. The van der Waals surface area contributed by atoms with Gasteiger partial charge in [0, 0.05) is 19.1 Å². The number of carbonyl (C=O) groups is 1. The molecule has 1 atom stereocenters. The normalized spacial score (nSPS) is 16.2. The highest BCUT2D eigenvalue weighted by Crippen LogP contribution is 2.36. The molecule has 140 valence electrons. The third-order valence-corrected chi connectivity index (χ3v) is 4.60. The van der Waals surface area contributed by atoms with Crippen molar-refractivity contribution >= 4 is 17.3 Å². The highest BCUT2D eigenvalue weighted by Gasteiger charge is 2.31. The van der Waals surface area contributed by atoms with Crippen LogP contribution in [-0.2, 0) is 11.0 Å². The lowest BCUT2D eigenvalue weighted by atomic mass is 10.1. The van der Waals surface area contributed by atoms with Gasteiger partial charge in [-0.05, 0) is 43.9 Å². The van der Waals surface area contributed by atoms with Crippen LogP contribution in [0.5, 0.6) is 0 Å². The first kappa shape index (κ1) is 19.4. The van der Waals surface area contributed by atoms with E-state index in [-0.39, 0.29) is 24.4 Å². The van der Waals surface area contributed by atoms with Crippen molar-refractivity contribution < 1.29 is 18.0 Å². The summed E-state index contributed by atoms with van der Waals surface area (Å²) >= 11 is 0. The highest BCUT2D eigenvalue weighted by atomic mass is 19.4. The van der Waals surface area contributed by atoms with Crippen molar-refractivity contribution in [2.24, 2.45) is 5.92 Å². The van der Waals surface area contributed by atoms with Gasteiger partial charge in [-0.2, -0.15) is 13.2 Å². The maximum atomic E-state index is 13.0. The van der Waals surface area contributed by atoms with Crippen molar-refractivity contribution in [3.8, 4) is 0 Å². The maximum absolute atomic E-state index is 13.0. The lowest BCUT2D eigenvalue weighted by Crippen LogP contribution is -2.39. The topological polar surface area (TPSA) is 44.4 Å². The van der Waals surface area contributed by atoms with Crippen molar-refractivity contribution in [3.05, 3.63) is 23.8 Å². The van der Waals surface area contributed by atoms with Crippen LogP contribution in [0.4, 0.5) is 24.5 Å². The maximum Gasteiger partial charge on any atom is 0.416 e. The summed E-state index contributed by atoms with van der Waals surface area (Å²) in [6, 6.07) is 3.69. The lowest BCUT2D eigenvalue weighted by Gasteiger charge is -2.24. The average molecular weight is 357 g/mol. The fourth-order valence-corrected chi connectivity index (χ4v) is 2.73. The molecule has 1 fully saturated rings. The van der Waals surface area contributed by atoms with E-state index >= 15 is 0 Å². The summed E-state index contributed by atoms with van der Waals surface area (Å²) in [7, 11) is 0. The third kappa shape index (κ3) is 5.28. The van der Waals surface area contributed by atoms with Crippen molar-refractivity contribution in [1.82, 2.24) is 5.32 Å². The van der Waals surface area contributed by atoms with E-state index in [1.807, 2.05) is 20.8 Å². The summed E-state index contributed by atoms with van der Waals surface area (Å²) in [6.07, 6.45) is -2.37. The van der Waals surface area contributed by atoms with E-state index in [4.69, 9.17) is 0 Å². The monoisotopic (exact) mass is 357 g/mol. The third-order valence-electron chi connectivity index (χ3n) is 4.60. The van der Waals surface area contributed by atoms with Crippen LogP contribution in [-0.4, -0.2) is 31.6 Å². The molecule has 1 aliphatic rings. The van der Waals surface area contributed by atoms with E-state index in [0.717, 1.165) is 43.8 Å². The second kappa shape index (κ2) is 7.97. The Kier molecular flexibility index (Phi) is 6.19. The summed E-state index contributed by atoms with van der Waals surface area (Å²) < 4.78 is 39.0. The Morgan fingerprint density at radius 3 is 2.40 bits per heavy atom. The molecule has 1 aliphatic heterocycles. The molecule has 1 amide bonds. The number of nitrogens with zero attached hydrogens (tertiary/aromatic N) is 1. The number of nitrogens with one attached hydrogen (secondary N) is 2. The minimum Gasteiger partial charge on any atom is -0.374 e. The SMILES string of the molecule is CC(C)C(C)NC(=O)CNc1cc(C(F)(F)F)ccc1N1CCCC1. The smallest absolute Gasteiger partial charge is 0.374 e. The standard InChI is InChI=1S/C18H26F3N3O/c1-12(2)13(3)23-17(25)11-22-15-10-14(18(19,20)21)6-7-16(15)24-8-4-5-9-24/h6-7,10,12-13,22H,4-5,8-9,11H2,1-3H3,(H,23,25). The number of rotatable bonds is 6. The number of hydrogen-bond donors (Lipinski definition) is 2. The molecule has 0 aliphatic carbocycles. The molecule has 25 heavy (non-hydrogen) atoms. The van der Waals surface area contributed by atoms with Crippen LogP contribution in [0.25, 0.3) is 0 Å². The number of benzene rings is 1. The average Bonchev–Trinajstić information content (AvgIpc) is 3.05. The van der Waals surface area contributed by atoms with E-state index in [1.54, 1.807) is 0 Å². The van der Waals surface area contributed by atoms with Gasteiger partial charge in [0.2, 0.25) is 5.91 Å². The second-order valence-electron chi connectivity index (χ2n) is 6.88. The molecule has 2 rings (SSSR count). The summed E-state index contributed by atoms with van der Waals surface area (Å²) in [5.41, 5.74) is 0.355. The fourth-order valence-electron chi connectivity index (χ4n) is 2.73. The Hall–Kier alpha value is -1.92. The van der Waals surface area contributed by atoms with E-state index in [1.165, 1.54) is 6.07 Å². The molecule has 0 radical (unpaired) electrons. The molecule has 1 aromatic rings. The van der Waals surface area contributed by atoms with Gasteiger partial charge in [0.15, 0.2) is 0 Å². The zero-order valence-electron chi connectivity index (χ0n) is 14.9. The number of hydrogen-bond acceptors (Lipinski definition) is 3. The molecule has 0 saturated carbocycles. The van der Waals surface area contributed by atoms with Gasteiger partial charge in [0.1, 0.15) is 0 Å². The number of carbonyl (C=O) groups excluding carboxylic acids is 1. The van der Waals surface area contributed by atoms with Gasteiger partial charge in [0.05, 0.1) is 23.5 Å². The first-order valence-corrected chi connectivity index (χ1v) is 8.68. The van der Waals surface area contributed by atoms with Gasteiger partial charge in [0.25, 0.3) is 0 Å². The Morgan fingerprint density at radius 2 is 1.84 bits per heavy atom. The first-order valence-electron chi connectivity index (χ1n) is 8.68. The Balaban J connectivity index is 2.14. The minimum atomic E-state index is -4.41. The number of amides is 1. The van der Waals surface area contributed by atoms with Crippen molar-refractivity contribution in [2.45, 2.75) is 45.8 Å². The second-order valence-corrected chi connectivity index (χ2v) is 6.88. The van der Waals surface area contributed by atoms with E-state index in [0.29, 0.717) is 5.69 Å². The van der Waals surface area contributed by atoms with Crippen LogP contribution in [0.1, 0.15) is 39.2 Å². The quantitative estimate of drug-likeness (QED) is 0.812. The molecule has 7 heteroatoms. The molecule has 1 unspecified atom stereocenters. The lowest BCUT2D eigenvalue weighted by molar-refractivity contribution is -0.137. The first-order chi connectivity index (χ1) is 11.7. The van der Waals surface area contributed by atoms with Gasteiger partial charge in [-0.1, -0.05) is 13.8 Å². The number of alkyl halides is 3. The predicted molar refractivity (Wildman–Crippen MR) is 93.8 cm³/mol. The molecular formula is C18H26F3N3O. The summed E-state index contributed by atoms with van der Waals surface area (Å²) in [6.45, 7) is 7.47. The van der Waals surface area contributed by atoms with Crippen molar-refractivity contribution in [1.29, 1.82) is 0 Å². The van der Waals surface area contributed by atoms with Crippen LogP contribution in [0, 0.1) is 5.92 Å². The summed E-state index contributed by atoms with van der Waals surface area (Å²) in [4.78, 5) is 14.1. The Morgan fingerprint density at radius 1 is 1.20 bits per heavy atom. The van der Waals surface area contributed by atoms with Crippen LogP contribution >= 0.6 is 0 Å². The van der Waals surface area contributed by atoms with Crippen molar-refractivity contribution in [3.63, 3.8) is 0 Å². The number of halogens is 3. The van der Waals surface area contributed by atoms with Gasteiger partial charge in [-0.25, -0.2) is 0 Å². The van der Waals surface area contributed by atoms with E-state index < -0.39 is 11.7 Å². The molecule has 2 N–H and O–H groups in total. The van der Waals surface area contributed by atoms with Crippen LogP contribution in [0.2, 0.25) is 0 Å². The van der Waals surface area contributed by atoms with Crippen LogP contribution in [0.15, 0.2) is 18.2 Å². The van der Waals surface area contributed by atoms with Crippen LogP contribution in [0.3, 0.4) is 0 Å². The molecule has 1 saturated heterocycles. The van der Waals surface area contributed by atoms with E-state index in [9.17, 15) is 18.0 Å². The minimum absolute atomic E-state index is 0.00821. The molecule has 4 nitrogen and oxygen atoms in total. The molecule has 1 heterocycles. The number of anilines is 2. The van der Waals surface area contributed by atoms with Gasteiger partial charge >= 0.3 is 6.18 Å². The molecule has 0 bridgehead atoms. The molecule has 0 aromatic heterocycles. The fraction of sp³-hybridized carbons (Fsp3) is 0.611. The molecule has 0 spiro atoms. The highest BCUT2D eigenvalue weighted by molar-refractivity contribution is 5.83. The van der Waals surface area contributed by atoms with Gasteiger partial charge in [-0.15, -0.1) is 0 Å². The predicted octanol–water partition coefficient (Wildman–Crippen LogP) is 3.88.